The van der Waals surface area contributed by atoms with Crippen molar-refractivity contribution in [2.24, 2.45) is 0 Å². The van der Waals surface area contributed by atoms with E-state index in [-0.39, 0.29) is 18.3 Å². The van der Waals surface area contributed by atoms with Gasteiger partial charge in [-0.25, -0.2) is 4.98 Å². The lowest BCUT2D eigenvalue weighted by Crippen LogP contribution is -2.45. The molecule has 0 amide bonds. The van der Waals surface area contributed by atoms with Gasteiger partial charge in [0.05, 0.1) is 32.1 Å². The summed E-state index contributed by atoms with van der Waals surface area (Å²) in [6, 6.07) is 30.7. The van der Waals surface area contributed by atoms with E-state index in [9.17, 15) is 0 Å². The molecule has 0 N–H and O–H groups in total. The monoisotopic (exact) mass is 454 g/mol. The van der Waals surface area contributed by atoms with Crippen molar-refractivity contribution >= 4 is 0 Å². The lowest BCUT2D eigenvalue weighted by atomic mass is 10.0. The molecule has 5 rings (SSSR count). The zero-order valence-corrected chi connectivity index (χ0v) is 19.4. The zero-order valence-electron chi connectivity index (χ0n) is 19.4. The van der Waals surface area contributed by atoms with Gasteiger partial charge in [-0.3, -0.25) is 0 Å². The quantitative estimate of drug-likeness (QED) is 0.329. The van der Waals surface area contributed by atoms with E-state index in [1.165, 1.54) is 0 Å². The molecular formula is C29H30N2O3. The van der Waals surface area contributed by atoms with Crippen LogP contribution in [0.5, 0.6) is 0 Å². The molecule has 5 heteroatoms. The number of ether oxygens (including phenoxy) is 3. The van der Waals surface area contributed by atoms with E-state index < -0.39 is 0 Å². The molecule has 34 heavy (non-hydrogen) atoms. The first-order chi connectivity index (χ1) is 16.8. The number of imidazole rings is 1. The largest absolute Gasteiger partial charge is 0.369 e. The lowest BCUT2D eigenvalue weighted by Gasteiger charge is -2.38. The summed E-state index contributed by atoms with van der Waals surface area (Å²) in [5.41, 5.74) is 4.34. The highest BCUT2D eigenvalue weighted by molar-refractivity contribution is 5.17. The Labute approximate surface area is 200 Å². The van der Waals surface area contributed by atoms with Crippen LogP contribution in [0.3, 0.4) is 0 Å². The molecule has 1 aliphatic rings. The molecule has 3 aromatic carbocycles. The van der Waals surface area contributed by atoms with Crippen molar-refractivity contribution in [2.75, 3.05) is 0 Å². The topological polar surface area (TPSA) is 45.5 Å². The second kappa shape index (κ2) is 10.8. The molecule has 0 aliphatic carbocycles. The SMILES string of the molecule is Cc1cn2c(n1)[C@H](OCc1ccccc1)[C@@H](OCc1ccccc1)[C@@H](OCc1ccccc1)C2. The second-order valence-corrected chi connectivity index (χ2v) is 8.71. The summed E-state index contributed by atoms with van der Waals surface area (Å²) in [5.74, 6) is 0.894. The minimum atomic E-state index is -0.341. The maximum absolute atomic E-state index is 6.53. The van der Waals surface area contributed by atoms with Crippen LogP contribution in [0, 0.1) is 6.92 Å². The molecule has 1 aliphatic heterocycles. The van der Waals surface area contributed by atoms with Crippen molar-refractivity contribution in [3.05, 3.63) is 125 Å². The van der Waals surface area contributed by atoms with Crippen molar-refractivity contribution in [1.82, 2.24) is 9.55 Å². The number of aryl methyl sites for hydroxylation is 1. The zero-order chi connectivity index (χ0) is 23.2. The van der Waals surface area contributed by atoms with Crippen LogP contribution in [0.4, 0.5) is 0 Å². The van der Waals surface area contributed by atoms with E-state index in [1.54, 1.807) is 0 Å². The van der Waals surface area contributed by atoms with Crippen LogP contribution in [0.15, 0.2) is 97.2 Å². The third-order valence-electron chi connectivity index (χ3n) is 6.09. The van der Waals surface area contributed by atoms with E-state index in [0.717, 1.165) is 28.2 Å². The molecule has 2 heterocycles. The van der Waals surface area contributed by atoms with Gasteiger partial charge in [-0.1, -0.05) is 91.0 Å². The van der Waals surface area contributed by atoms with Gasteiger partial charge in [0.1, 0.15) is 24.1 Å². The van der Waals surface area contributed by atoms with Gasteiger partial charge in [-0.05, 0) is 23.6 Å². The van der Waals surface area contributed by atoms with Crippen molar-refractivity contribution in [3.8, 4) is 0 Å². The summed E-state index contributed by atoms with van der Waals surface area (Å²) in [4.78, 5) is 4.81. The molecule has 174 valence electrons. The molecule has 5 nitrogen and oxygen atoms in total. The Morgan fingerprint density at radius 2 is 1.21 bits per heavy atom. The van der Waals surface area contributed by atoms with Gasteiger partial charge in [0.25, 0.3) is 0 Å². The summed E-state index contributed by atoms with van der Waals surface area (Å²) in [6.45, 7) is 4.17. The van der Waals surface area contributed by atoms with Gasteiger partial charge in [-0.2, -0.15) is 0 Å². The molecule has 4 aromatic rings. The first kappa shape index (κ1) is 22.5. The first-order valence-electron chi connectivity index (χ1n) is 11.8. The average molecular weight is 455 g/mol. The van der Waals surface area contributed by atoms with Gasteiger partial charge in [-0.15, -0.1) is 0 Å². The summed E-state index contributed by atoms with van der Waals surface area (Å²) in [5, 5.41) is 0. The number of hydrogen-bond donors (Lipinski definition) is 0. The number of fused-ring (bicyclic) bond motifs is 1. The van der Waals surface area contributed by atoms with E-state index >= 15 is 0 Å². The highest BCUT2D eigenvalue weighted by Gasteiger charge is 2.41. The molecule has 0 spiro atoms. The van der Waals surface area contributed by atoms with Gasteiger partial charge < -0.3 is 18.8 Å². The van der Waals surface area contributed by atoms with Gasteiger partial charge >= 0.3 is 0 Å². The maximum atomic E-state index is 6.53. The average Bonchev–Trinajstić information content (AvgIpc) is 3.26. The van der Waals surface area contributed by atoms with Crippen molar-refractivity contribution in [3.63, 3.8) is 0 Å². The smallest absolute Gasteiger partial charge is 0.144 e. The molecule has 0 saturated heterocycles. The number of aromatic nitrogens is 2. The van der Waals surface area contributed by atoms with Crippen LogP contribution in [-0.2, 0) is 40.6 Å². The van der Waals surface area contributed by atoms with E-state index in [4.69, 9.17) is 19.2 Å². The summed E-state index contributed by atoms with van der Waals surface area (Å²) in [7, 11) is 0. The standard InChI is InChI=1S/C29H30N2O3/c1-22-17-31-18-26(32-19-23-11-5-2-6-12-23)27(33-20-24-13-7-3-8-14-24)28(29(31)30-22)34-21-25-15-9-4-10-16-25/h2-17,26-28H,18-21H2,1H3/t26-,27-,28+/m0/s1. The Bertz CT molecular complexity index is 1160. The fraction of sp³-hybridized carbons (Fsp3) is 0.276. The summed E-state index contributed by atoms with van der Waals surface area (Å²) < 4.78 is 21.7. The fourth-order valence-corrected chi connectivity index (χ4v) is 4.39. The van der Waals surface area contributed by atoms with Gasteiger partial charge in [0, 0.05) is 6.20 Å². The Balaban J connectivity index is 1.41. The molecule has 0 fully saturated rings. The highest BCUT2D eigenvalue weighted by Crippen LogP contribution is 2.34. The van der Waals surface area contributed by atoms with Crippen LogP contribution in [0.1, 0.15) is 34.3 Å². The maximum Gasteiger partial charge on any atom is 0.144 e. The lowest BCUT2D eigenvalue weighted by molar-refractivity contribution is -0.171. The number of nitrogens with zero attached hydrogens (tertiary/aromatic N) is 2. The third-order valence-corrected chi connectivity index (χ3v) is 6.09. The molecule has 0 saturated carbocycles. The molecule has 0 bridgehead atoms. The van der Waals surface area contributed by atoms with Crippen LogP contribution < -0.4 is 0 Å². The van der Waals surface area contributed by atoms with Gasteiger partial charge in [0.2, 0.25) is 0 Å². The predicted octanol–water partition coefficient (Wildman–Crippen LogP) is 5.63. The first-order valence-corrected chi connectivity index (χ1v) is 11.8. The van der Waals surface area contributed by atoms with Gasteiger partial charge in [0.15, 0.2) is 0 Å². The Morgan fingerprint density at radius 1 is 0.706 bits per heavy atom. The normalized spacial score (nSPS) is 19.6. The minimum Gasteiger partial charge on any atom is -0.369 e. The van der Waals surface area contributed by atoms with Crippen LogP contribution in [0.25, 0.3) is 0 Å². The van der Waals surface area contributed by atoms with Crippen LogP contribution in [-0.4, -0.2) is 21.8 Å². The van der Waals surface area contributed by atoms with E-state index in [1.807, 2.05) is 61.5 Å². The minimum absolute atomic E-state index is 0.175. The summed E-state index contributed by atoms with van der Waals surface area (Å²) >= 11 is 0. The molecule has 1 aromatic heterocycles. The van der Waals surface area contributed by atoms with E-state index in [2.05, 4.69) is 47.2 Å². The third kappa shape index (κ3) is 5.45. The summed E-state index contributed by atoms with van der Waals surface area (Å²) in [6.07, 6.45) is 1.26. The highest BCUT2D eigenvalue weighted by atomic mass is 16.6. The number of benzene rings is 3. The van der Waals surface area contributed by atoms with E-state index in [0.29, 0.717) is 26.4 Å². The van der Waals surface area contributed by atoms with Crippen molar-refractivity contribution in [1.29, 1.82) is 0 Å². The van der Waals surface area contributed by atoms with Crippen LogP contribution >= 0.6 is 0 Å². The van der Waals surface area contributed by atoms with Crippen molar-refractivity contribution in [2.45, 2.75) is 51.6 Å². The molecular weight excluding hydrogens is 424 g/mol. The van der Waals surface area contributed by atoms with Crippen LogP contribution in [0.2, 0.25) is 0 Å². The number of rotatable bonds is 9. The molecule has 0 radical (unpaired) electrons. The number of hydrogen-bond acceptors (Lipinski definition) is 4. The Morgan fingerprint density at radius 3 is 1.76 bits per heavy atom. The molecule has 3 atom stereocenters. The second-order valence-electron chi connectivity index (χ2n) is 8.71. The fourth-order valence-electron chi connectivity index (χ4n) is 4.39. The van der Waals surface area contributed by atoms with Crippen molar-refractivity contribution < 1.29 is 14.2 Å². The predicted molar refractivity (Wildman–Crippen MR) is 131 cm³/mol. The Kier molecular flexibility index (Phi) is 7.15. The molecule has 0 unspecified atom stereocenters. The Hall–Kier alpha value is -3.25.